The fourth-order valence-corrected chi connectivity index (χ4v) is 2.01. The van der Waals surface area contributed by atoms with Gasteiger partial charge in [0.25, 0.3) is 0 Å². The molecular weight excluding hydrogens is 184 g/mol. The van der Waals surface area contributed by atoms with Crippen LogP contribution in [0.1, 0.15) is 24.0 Å². The summed E-state index contributed by atoms with van der Waals surface area (Å²) in [6.07, 6.45) is 0.997. The van der Waals surface area contributed by atoms with Crippen LogP contribution < -0.4 is 0 Å². The molecule has 1 nitrogen and oxygen atoms in total. The molecule has 0 aliphatic rings. The van der Waals surface area contributed by atoms with E-state index in [0.717, 1.165) is 11.8 Å². The summed E-state index contributed by atoms with van der Waals surface area (Å²) in [6, 6.07) is 12.4. The van der Waals surface area contributed by atoms with Crippen molar-refractivity contribution in [2.75, 3.05) is 0 Å². The average Bonchev–Trinajstić information content (AvgIpc) is 2.29. The van der Waals surface area contributed by atoms with Crippen molar-refractivity contribution in [2.24, 2.45) is 0 Å². The van der Waals surface area contributed by atoms with E-state index in [9.17, 15) is 4.79 Å². The molecular formula is C14H14O. The number of aryl methyl sites for hydroxylation is 1. The fraction of sp³-hybridized carbons (Fsp3) is 0.214. The van der Waals surface area contributed by atoms with Gasteiger partial charge in [-0.15, -0.1) is 0 Å². The molecule has 1 atom stereocenters. The number of rotatable bonds is 2. The van der Waals surface area contributed by atoms with Gasteiger partial charge in [-0.2, -0.15) is 0 Å². The third-order valence-electron chi connectivity index (χ3n) is 2.93. The second kappa shape index (κ2) is 3.85. The molecule has 0 radical (unpaired) electrons. The Morgan fingerprint density at radius 3 is 2.60 bits per heavy atom. The van der Waals surface area contributed by atoms with E-state index in [1.165, 1.54) is 16.3 Å². The molecule has 0 fully saturated rings. The van der Waals surface area contributed by atoms with E-state index in [2.05, 4.69) is 31.2 Å². The summed E-state index contributed by atoms with van der Waals surface area (Å²) in [6.45, 7) is 4.02. The minimum absolute atomic E-state index is 0.0189. The lowest BCUT2D eigenvalue weighted by Crippen LogP contribution is -1.97. The highest BCUT2D eigenvalue weighted by Crippen LogP contribution is 2.25. The molecule has 2 rings (SSSR count). The fourth-order valence-electron chi connectivity index (χ4n) is 2.01. The van der Waals surface area contributed by atoms with Crippen molar-refractivity contribution < 1.29 is 4.79 Å². The Bertz CT molecular complexity index is 500. The smallest absolute Gasteiger partial charge is 0.127 e. The number of hydrogen-bond donors (Lipinski definition) is 0. The topological polar surface area (TPSA) is 17.1 Å². The largest absolute Gasteiger partial charge is 0.303 e. The number of fused-ring (bicyclic) bond motifs is 1. The molecule has 0 heterocycles. The molecule has 15 heavy (non-hydrogen) atoms. The maximum atomic E-state index is 10.8. The van der Waals surface area contributed by atoms with Crippen LogP contribution in [0.15, 0.2) is 36.4 Å². The van der Waals surface area contributed by atoms with Crippen LogP contribution in [-0.2, 0) is 4.79 Å². The molecule has 1 heteroatoms. The molecule has 2 aromatic rings. The molecule has 0 spiro atoms. The molecule has 0 aliphatic heterocycles. The first-order valence-electron chi connectivity index (χ1n) is 5.17. The Morgan fingerprint density at radius 1 is 1.13 bits per heavy atom. The molecule has 1 unspecified atom stereocenters. The Balaban J connectivity index is 2.70. The van der Waals surface area contributed by atoms with Gasteiger partial charge in [-0.25, -0.2) is 0 Å². The van der Waals surface area contributed by atoms with E-state index in [4.69, 9.17) is 0 Å². The van der Waals surface area contributed by atoms with E-state index in [0.29, 0.717) is 0 Å². The van der Waals surface area contributed by atoms with Crippen LogP contribution in [0.3, 0.4) is 0 Å². The van der Waals surface area contributed by atoms with Gasteiger partial charge in [0.05, 0.1) is 0 Å². The SMILES string of the molecule is Cc1c(C(C)C=O)ccc2ccccc12. The summed E-state index contributed by atoms with van der Waals surface area (Å²) in [4.78, 5) is 10.8. The summed E-state index contributed by atoms with van der Waals surface area (Å²) in [7, 11) is 0. The Kier molecular flexibility index (Phi) is 2.55. The quantitative estimate of drug-likeness (QED) is 0.675. The van der Waals surface area contributed by atoms with Crippen molar-refractivity contribution in [3.8, 4) is 0 Å². The standard InChI is InChI=1S/C14H14O/c1-10(9-15)13-8-7-12-5-3-4-6-14(12)11(13)2/h3-10H,1-2H3. The van der Waals surface area contributed by atoms with Crippen LogP contribution >= 0.6 is 0 Å². The minimum Gasteiger partial charge on any atom is -0.303 e. The van der Waals surface area contributed by atoms with Crippen LogP contribution in [-0.4, -0.2) is 6.29 Å². The number of carbonyl (C=O) groups excluding carboxylic acids is 1. The van der Waals surface area contributed by atoms with Crippen LogP contribution in [0.2, 0.25) is 0 Å². The Morgan fingerprint density at radius 2 is 1.87 bits per heavy atom. The zero-order valence-corrected chi connectivity index (χ0v) is 9.03. The number of aldehydes is 1. The summed E-state index contributed by atoms with van der Waals surface area (Å²) in [5, 5.41) is 2.47. The molecule has 2 aromatic carbocycles. The monoisotopic (exact) mass is 198 g/mol. The van der Waals surface area contributed by atoms with Gasteiger partial charge in [-0.1, -0.05) is 43.3 Å². The minimum atomic E-state index is -0.0189. The molecule has 0 saturated carbocycles. The van der Waals surface area contributed by atoms with Crippen molar-refractivity contribution in [2.45, 2.75) is 19.8 Å². The summed E-state index contributed by atoms with van der Waals surface area (Å²) in [5.41, 5.74) is 2.34. The van der Waals surface area contributed by atoms with Gasteiger partial charge in [0.15, 0.2) is 0 Å². The lowest BCUT2D eigenvalue weighted by atomic mass is 9.93. The number of benzene rings is 2. The number of carbonyl (C=O) groups is 1. The summed E-state index contributed by atoms with van der Waals surface area (Å²) >= 11 is 0. The van der Waals surface area contributed by atoms with Crippen molar-refractivity contribution in [1.82, 2.24) is 0 Å². The highest BCUT2D eigenvalue weighted by atomic mass is 16.1. The maximum Gasteiger partial charge on any atom is 0.127 e. The normalized spacial score (nSPS) is 12.7. The molecule has 76 valence electrons. The predicted molar refractivity (Wildman–Crippen MR) is 63.2 cm³/mol. The van der Waals surface area contributed by atoms with E-state index in [1.807, 2.05) is 19.1 Å². The predicted octanol–water partition coefficient (Wildman–Crippen LogP) is 3.45. The Hall–Kier alpha value is -1.63. The van der Waals surface area contributed by atoms with Gasteiger partial charge < -0.3 is 4.79 Å². The van der Waals surface area contributed by atoms with E-state index >= 15 is 0 Å². The first-order chi connectivity index (χ1) is 7.24. The highest BCUT2D eigenvalue weighted by molar-refractivity contribution is 5.87. The third kappa shape index (κ3) is 1.65. The van der Waals surface area contributed by atoms with Crippen molar-refractivity contribution in [3.63, 3.8) is 0 Å². The summed E-state index contributed by atoms with van der Waals surface area (Å²) in [5.74, 6) is -0.0189. The highest BCUT2D eigenvalue weighted by Gasteiger charge is 2.08. The summed E-state index contributed by atoms with van der Waals surface area (Å²) < 4.78 is 0. The van der Waals surface area contributed by atoms with Gasteiger partial charge in [-0.05, 0) is 28.8 Å². The lowest BCUT2D eigenvalue weighted by Gasteiger charge is -2.11. The van der Waals surface area contributed by atoms with Crippen molar-refractivity contribution in [3.05, 3.63) is 47.5 Å². The van der Waals surface area contributed by atoms with Gasteiger partial charge in [0, 0.05) is 5.92 Å². The molecule has 0 saturated heterocycles. The van der Waals surface area contributed by atoms with Gasteiger partial charge >= 0.3 is 0 Å². The van der Waals surface area contributed by atoms with Crippen LogP contribution in [0, 0.1) is 6.92 Å². The lowest BCUT2D eigenvalue weighted by molar-refractivity contribution is -0.108. The zero-order chi connectivity index (χ0) is 10.8. The van der Waals surface area contributed by atoms with E-state index in [1.54, 1.807) is 0 Å². The van der Waals surface area contributed by atoms with Gasteiger partial charge in [0.1, 0.15) is 6.29 Å². The zero-order valence-electron chi connectivity index (χ0n) is 9.03. The Labute approximate surface area is 89.7 Å². The first-order valence-corrected chi connectivity index (χ1v) is 5.17. The molecule has 0 N–H and O–H groups in total. The first kappa shape index (κ1) is 9.91. The van der Waals surface area contributed by atoms with Crippen LogP contribution in [0.5, 0.6) is 0 Å². The number of hydrogen-bond acceptors (Lipinski definition) is 1. The van der Waals surface area contributed by atoms with E-state index in [-0.39, 0.29) is 5.92 Å². The molecule has 0 aromatic heterocycles. The second-order valence-corrected chi connectivity index (χ2v) is 3.93. The third-order valence-corrected chi connectivity index (χ3v) is 2.93. The molecule has 0 aliphatic carbocycles. The molecule has 0 amide bonds. The van der Waals surface area contributed by atoms with Crippen molar-refractivity contribution in [1.29, 1.82) is 0 Å². The van der Waals surface area contributed by atoms with Crippen molar-refractivity contribution >= 4 is 17.1 Å². The average molecular weight is 198 g/mol. The van der Waals surface area contributed by atoms with Crippen LogP contribution in [0.25, 0.3) is 10.8 Å². The maximum absolute atomic E-state index is 10.8. The van der Waals surface area contributed by atoms with Crippen LogP contribution in [0.4, 0.5) is 0 Å². The van der Waals surface area contributed by atoms with Gasteiger partial charge in [-0.3, -0.25) is 0 Å². The second-order valence-electron chi connectivity index (χ2n) is 3.93. The van der Waals surface area contributed by atoms with E-state index < -0.39 is 0 Å². The molecule has 0 bridgehead atoms. The van der Waals surface area contributed by atoms with Gasteiger partial charge in [0.2, 0.25) is 0 Å².